The molecule has 1 fully saturated rings. The largest absolute Gasteiger partial charge is 0.497 e. The van der Waals surface area contributed by atoms with Gasteiger partial charge in [0.25, 0.3) is 5.91 Å². The van der Waals surface area contributed by atoms with Crippen LogP contribution in [-0.2, 0) is 16.0 Å². The van der Waals surface area contributed by atoms with Gasteiger partial charge in [-0.1, -0.05) is 18.2 Å². The number of benzene rings is 2. The number of aromatic amines is 1. The van der Waals surface area contributed by atoms with Crippen LogP contribution in [0.3, 0.4) is 0 Å². The molecule has 3 aromatic rings. The average Bonchev–Trinajstić information content (AvgIpc) is 3.31. The predicted molar refractivity (Wildman–Crippen MR) is 120 cm³/mol. The van der Waals surface area contributed by atoms with Crippen molar-refractivity contribution < 1.29 is 19.1 Å². The number of hydrogen-bond acceptors (Lipinski definition) is 4. The van der Waals surface area contributed by atoms with E-state index < -0.39 is 18.0 Å². The summed E-state index contributed by atoms with van der Waals surface area (Å²) < 4.78 is 5.12. The number of nitrogens with zero attached hydrogens (tertiary/aromatic N) is 1. The third-order valence-electron chi connectivity index (χ3n) is 6.19. The zero-order chi connectivity index (χ0) is 22.2. The Morgan fingerprint density at radius 3 is 2.72 bits per heavy atom. The molecule has 32 heavy (non-hydrogen) atoms. The van der Waals surface area contributed by atoms with Crippen LogP contribution in [0.25, 0.3) is 10.9 Å². The number of amides is 4. The average molecular weight is 432 g/mol. The summed E-state index contributed by atoms with van der Waals surface area (Å²) in [5, 5.41) is 6.88. The number of para-hydroxylation sites is 1. The highest BCUT2D eigenvalue weighted by Gasteiger charge is 2.40. The lowest BCUT2D eigenvalue weighted by atomic mass is 9.91. The second-order valence-electron chi connectivity index (χ2n) is 8.15. The summed E-state index contributed by atoms with van der Waals surface area (Å²) in [7, 11) is 1.54. The number of H-pyrrole nitrogens is 1. The van der Waals surface area contributed by atoms with Crippen molar-refractivity contribution in [3.05, 3.63) is 59.8 Å². The summed E-state index contributed by atoms with van der Waals surface area (Å²) in [4.78, 5) is 42.6. The highest BCUT2D eigenvalue weighted by Crippen LogP contribution is 2.34. The number of imide groups is 1. The molecule has 2 heterocycles. The fourth-order valence-corrected chi connectivity index (χ4v) is 4.64. The number of anilines is 1. The van der Waals surface area contributed by atoms with E-state index in [1.165, 1.54) is 10.9 Å². The Hall–Kier alpha value is -3.81. The molecule has 8 nitrogen and oxygen atoms in total. The lowest BCUT2D eigenvalue weighted by Gasteiger charge is -2.24. The first-order valence-corrected chi connectivity index (χ1v) is 10.7. The zero-order valence-corrected chi connectivity index (χ0v) is 17.7. The predicted octanol–water partition coefficient (Wildman–Crippen LogP) is 3.19. The number of aryl methyl sites for hydroxylation is 1. The number of rotatable bonds is 5. The van der Waals surface area contributed by atoms with Crippen molar-refractivity contribution in [2.45, 2.75) is 37.8 Å². The van der Waals surface area contributed by atoms with Gasteiger partial charge in [0, 0.05) is 16.6 Å². The number of aromatic nitrogens is 1. The molecule has 2 aromatic carbocycles. The molecule has 1 saturated heterocycles. The molecule has 8 heteroatoms. The summed E-state index contributed by atoms with van der Waals surface area (Å²) in [6, 6.07) is 13.2. The molecule has 0 radical (unpaired) electrons. The van der Waals surface area contributed by atoms with Crippen LogP contribution < -0.4 is 20.3 Å². The Bertz CT molecular complexity index is 1200. The number of carbonyl (C=O) groups excluding carboxylic acids is 3. The number of carbonyl (C=O) groups is 3. The molecule has 4 amide bonds. The Morgan fingerprint density at radius 1 is 1.16 bits per heavy atom. The quantitative estimate of drug-likeness (QED) is 0.539. The van der Waals surface area contributed by atoms with Gasteiger partial charge in [0.1, 0.15) is 11.8 Å². The van der Waals surface area contributed by atoms with Crippen LogP contribution in [-0.4, -0.2) is 36.0 Å². The first-order chi connectivity index (χ1) is 15.5. The lowest BCUT2D eigenvalue weighted by molar-refractivity contribution is -0.126. The van der Waals surface area contributed by atoms with Crippen molar-refractivity contribution in [2.24, 2.45) is 0 Å². The molecule has 1 aromatic heterocycles. The van der Waals surface area contributed by atoms with E-state index in [2.05, 4.69) is 21.7 Å². The van der Waals surface area contributed by atoms with E-state index in [1.54, 1.807) is 31.4 Å². The second kappa shape index (κ2) is 8.03. The smallest absolute Gasteiger partial charge is 0.329 e. The summed E-state index contributed by atoms with van der Waals surface area (Å²) in [5.74, 6) is -0.0810. The van der Waals surface area contributed by atoms with E-state index in [1.807, 2.05) is 18.2 Å². The minimum absolute atomic E-state index is 0.108. The van der Waals surface area contributed by atoms with Gasteiger partial charge < -0.3 is 20.4 Å². The Labute approximate surface area is 184 Å². The van der Waals surface area contributed by atoms with Gasteiger partial charge in [-0.05, 0) is 55.2 Å². The minimum Gasteiger partial charge on any atom is -0.497 e. The number of urea groups is 1. The van der Waals surface area contributed by atoms with E-state index in [0.717, 1.165) is 35.4 Å². The highest BCUT2D eigenvalue weighted by molar-refractivity contribution is 6.22. The fourth-order valence-electron chi connectivity index (χ4n) is 4.64. The Morgan fingerprint density at radius 2 is 1.94 bits per heavy atom. The topological polar surface area (TPSA) is 104 Å². The molecule has 0 spiro atoms. The monoisotopic (exact) mass is 432 g/mol. The zero-order valence-electron chi connectivity index (χ0n) is 17.7. The number of methoxy groups -OCH3 is 1. The number of hydrogen-bond donors (Lipinski definition) is 3. The minimum atomic E-state index is -0.893. The molecule has 2 aliphatic rings. The number of nitrogens with one attached hydrogen (secondary N) is 3. The molecule has 0 unspecified atom stereocenters. The Balaban J connectivity index is 1.28. The third-order valence-corrected chi connectivity index (χ3v) is 6.19. The van der Waals surface area contributed by atoms with E-state index in [-0.39, 0.29) is 18.4 Å². The first kappa shape index (κ1) is 20.1. The van der Waals surface area contributed by atoms with Crippen LogP contribution in [0.15, 0.2) is 48.5 Å². The summed E-state index contributed by atoms with van der Waals surface area (Å²) in [5.41, 5.74) is 3.78. The molecule has 164 valence electrons. The molecule has 5 rings (SSSR count). The molecule has 0 bridgehead atoms. The number of ether oxygens (including phenoxy) is 1. The van der Waals surface area contributed by atoms with Gasteiger partial charge in [-0.3, -0.25) is 9.59 Å². The summed E-state index contributed by atoms with van der Waals surface area (Å²) in [6.07, 6.45) is 2.67. The first-order valence-electron chi connectivity index (χ1n) is 10.7. The van der Waals surface area contributed by atoms with Crippen LogP contribution in [0.5, 0.6) is 5.75 Å². The highest BCUT2D eigenvalue weighted by atomic mass is 16.5. The van der Waals surface area contributed by atoms with Gasteiger partial charge in [-0.2, -0.15) is 0 Å². The van der Waals surface area contributed by atoms with Crippen LogP contribution in [0.1, 0.15) is 36.6 Å². The van der Waals surface area contributed by atoms with Crippen LogP contribution in [0, 0.1) is 0 Å². The van der Waals surface area contributed by atoms with E-state index in [0.29, 0.717) is 11.4 Å². The second-order valence-corrected chi connectivity index (χ2v) is 8.15. The van der Waals surface area contributed by atoms with Crippen molar-refractivity contribution in [2.75, 3.05) is 12.0 Å². The maximum absolute atomic E-state index is 12.8. The van der Waals surface area contributed by atoms with Crippen molar-refractivity contribution in [1.82, 2.24) is 15.6 Å². The lowest BCUT2D eigenvalue weighted by Crippen LogP contribution is -2.38. The van der Waals surface area contributed by atoms with Gasteiger partial charge in [0.05, 0.1) is 25.3 Å². The normalized spacial score (nSPS) is 20.2. The van der Waals surface area contributed by atoms with E-state index in [9.17, 15) is 14.4 Å². The number of fused-ring (bicyclic) bond motifs is 3. The van der Waals surface area contributed by atoms with Crippen LogP contribution >= 0.6 is 0 Å². The SMILES string of the molecule is COc1ccc(N2C(=O)N[C@H](CC(=O)N[C@H]3CCCc4c3[nH]c3ccccc43)C2=O)cc1. The van der Waals surface area contributed by atoms with Crippen molar-refractivity contribution in [3.8, 4) is 5.75 Å². The molecule has 0 saturated carbocycles. The maximum Gasteiger partial charge on any atom is 0.329 e. The standard InChI is InChI=1S/C24H24N4O4/c1-32-15-11-9-14(10-12-15)28-23(30)20(27-24(28)31)13-21(29)25-19-8-4-6-17-16-5-2-3-7-18(16)26-22(17)19/h2-3,5,7,9-12,19-20,26H,4,6,8,13H2,1H3,(H,25,29)(H,27,31)/t19-,20+/m0/s1. The van der Waals surface area contributed by atoms with Gasteiger partial charge in [-0.25, -0.2) is 9.69 Å². The van der Waals surface area contributed by atoms with Gasteiger partial charge in [0.15, 0.2) is 0 Å². The fraction of sp³-hybridized carbons (Fsp3) is 0.292. The van der Waals surface area contributed by atoms with E-state index in [4.69, 9.17) is 4.74 Å². The molecule has 1 aliphatic carbocycles. The van der Waals surface area contributed by atoms with Crippen molar-refractivity contribution in [1.29, 1.82) is 0 Å². The maximum atomic E-state index is 12.8. The van der Waals surface area contributed by atoms with Gasteiger partial charge in [0.2, 0.25) is 5.91 Å². The van der Waals surface area contributed by atoms with Crippen molar-refractivity contribution in [3.63, 3.8) is 0 Å². The van der Waals surface area contributed by atoms with Gasteiger partial charge in [-0.15, -0.1) is 0 Å². The molecule has 1 aliphatic heterocycles. The summed E-state index contributed by atoms with van der Waals surface area (Å²) >= 11 is 0. The van der Waals surface area contributed by atoms with Crippen molar-refractivity contribution >= 4 is 34.4 Å². The van der Waals surface area contributed by atoms with Crippen LogP contribution in [0.4, 0.5) is 10.5 Å². The van der Waals surface area contributed by atoms with E-state index >= 15 is 0 Å². The molecule has 2 atom stereocenters. The Kier molecular flexibility index (Phi) is 5.05. The van der Waals surface area contributed by atoms with Gasteiger partial charge >= 0.3 is 6.03 Å². The third kappa shape index (κ3) is 3.47. The molecular formula is C24H24N4O4. The van der Waals surface area contributed by atoms with Crippen LogP contribution in [0.2, 0.25) is 0 Å². The summed E-state index contributed by atoms with van der Waals surface area (Å²) in [6.45, 7) is 0. The molecular weight excluding hydrogens is 408 g/mol. The molecule has 3 N–H and O–H groups in total.